The number of aromatic nitrogens is 2. The number of hydrogen-bond donors (Lipinski definition) is 0. The van der Waals surface area contributed by atoms with Crippen LogP contribution in [0.25, 0.3) is 44.7 Å². The van der Waals surface area contributed by atoms with Crippen molar-refractivity contribution < 1.29 is 0 Å². The molecule has 0 amide bonds. The van der Waals surface area contributed by atoms with Crippen molar-refractivity contribution in [2.45, 2.75) is 13.1 Å². The van der Waals surface area contributed by atoms with E-state index in [9.17, 15) is 0 Å². The molecule has 1 aliphatic heterocycles. The van der Waals surface area contributed by atoms with E-state index in [2.05, 4.69) is 92.0 Å². The van der Waals surface area contributed by atoms with Gasteiger partial charge in [-0.25, -0.2) is 9.97 Å². The maximum Gasteiger partial charge on any atom is 0.160 e. The van der Waals surface area contributed by atoms with E-state index in [0.29, 0.717) is 0 Å². The van der Waals surface area contributed by atoms with Gasteiger partial charge in [0.2, 0.25) is 0 Å². The summed E-state index contributed by atoms with van der Waals surface area (Å²) >= 11 is 0. The first-order valence-corrected chi connectivity index (χ1v) is 13.7. The Balaban J connectivity index is 1.73. The number of nitrogens with zero attached hydrogens (tertiary/aromatic N) is 2. The molecular formula is C28H22N2Si. The van der Waals surface area contributed by atoms with E-state index in [-0.39, 0.29) is 0 Å². The van der Waals surface area contributed by atoms with E-state index >= 15 is 0 Å². The summed E-state index contributed by atoms with van der Waals surface area (Å²) in [4.78, 5) is 10.3. The van der Waals surface area contributed by atoms with E-state index in [4.69, 9.17) is 9.97 Å². The molecule has 3 heteroatoms. The quantitative estimate of drug-likeness (QED) is 0.343. The summed E-state index contributed by atoms with van der Waals surface area (Å²) in [6.07, 6.45) is 0. The van der Waals surface area contributed by atoms with Gasteiger partial charge in [-0.15, -0.1) is 0 Å². The van der Waals surface area contributed by atoms with E-state index in [1.54, 1.807) is 0 Å². The summed E-state index contributed by atoms with van der Waals surface area (Å²) in [5.74, 6) is 0.795. The number of hydrogen-bond acceptors (Lipinski definition) is 2. The maximum absolute atomic E-state index is 5.18. The van der Waals surface area contributed by atoms with Gasteiger partial charge in [-0.2, -0.15) is 0 Å². The zero-order chi connectivity index (χ0) is 21.0. The zero-order valence-electron chi connectivity index (χ0n) is 17.6. The van der Waals surface area contributed by atoms with Gasteiger partial charge in [0, 0.05) is 16.7 Å². The highest BCUT2D eigenvalue weighted by molar-refractivity contribution is 7.05. The Kier molecular flexibility index (Phi) is 3.95. The lowest BCUT2D eigenvalue weighted by molar-refractivity contribution is 1.20. The molecule has 0 radical (unpaired) electrons. The second-order valence-electron chi connectivity index (χ2n) is 8.69. The van der Waals surface area contributed by atoms with Gasteiger partial charge in [-0.1, -0.05) is 110 Å². The van der Waals surface area contributed by atoms with Crippen LogP contribution < -0.4 is 10.4 Å². The van der Waals surface area contributed by atoms with Gasteiger partial charge in [0.05, 0.1) is 11.4 Å². The van der Waals surface area contributed by atoms with Crippen molar-refractivity contribution in [3.8, 4) is 33.9 Å². The summed E-state index contributed by atoms with van der Waals surface area (Å²) in [7, 11) is -2.02. The minimum atomic E-state index is -2.02. The Bertz CT molecular complexity index is 1440. The number of benzene rings is 4. The predicted octanol–water partition coefficient (Wildman–Crippen LogP) is 5.77. The third-order valence-electron chi connectivity index (χ3n) is 6.42. The third kappa shape index (κ3) is 2.70. The van der Waals surface area contributed by atoms with E-state index in [1.807, 2.05) is 18.2 Å². The van der Waals surface area contributed by atoms with Gasteiger partial charge in [-0.05, 0) is 21.1 Å². The van der Waals surface area contributed by atoms with Crippen LogP contribution in [0.2, 0.25) is 13.1 Å². The molecule has 0 saturated heterocycles. The van der Waals surface area contributed by atoms with Crippen molar-refractivity contribution in [1.82, 2.24) is 9.97 Å². The summed E-state index contributed by atoms with van der Waals surface area (Å²) in [6.45, 7) is 4.89. The maximum atomic E-state index is 5.18. The fourth-order valence-electron chi connectivity index (χ4n) is 5.04. The molecule has 0 bridgehead atoms. The molecule has 0 unspecified atom stereocenters. The molecule has 5 aromatic rings. The van der Waals surface area contributed by atoms with Crippen molar-refractivity contribution in [3.05, 3.63) is 97.1 Å². The van der Waals surface area contributed by atoms with Crippen LogP contribution in [0.5, 0.6) is 0 Å². The normalized spacial score (nSPS) is 13.7. The van der Waals surface area contributed by atoms with Crippen LogP contribution >= 0.6 is 0 Å². The number of rotatable bonds is 2. The summed E-state index contributed by atoms with van der Waals surface area (Å²) in [5, 5.41) is 5.49. The highest BCUT2D eigenvalue weighted by Crippen LogP contribution is 2.35. The molecule has 1 aliphatic rings. The second kappa shape index (κ2) is 6.72. The summed E-state index contributed by atoms with van der Waals surface area (Å²) in [6, 6.07) is 34.2. The lowest BCUT2D eigenvalue weighted by atomic mass is 10.0. The first-order valence-electron chi connectivity index (χ1n) is 10.7. The molecule has 0 spiro atoms. The topological polar surface area (TPSA) is 25.8 Å². The Morgan fingerprint density at radius 3 is 1.90 bits per heavy atom. The lowest BCUT2D eigenvalue weighted by Gasteiger charge is -2.23. The van der Waals surface area contributed by atoms with Gasteiger partial charge in [-0.3, -0.25) is 0 Å². The Morgan fingerprint density at radius 1 is 0.548 bits per heavy atom. The highest BCUT2D eigenvalue weighted by Gasteiger charge is 2.42. The van der Waals surface area contributed by atoms with Gasteiger partial charge < -0.3 is 0 Å². The minimum absolute atomic E-state index is 0.795. The van der Waals surface area contributed by atoms with Crippen LogP contribution in [-0.2, 0) is 0 Å². The van der Waals surface area contributed by atoms with E-state index < -0.39 is 8.07 Å². The molecule has 0 atom stereocenters. The average molecular weight is 415 g/mol. The zero-order valence-corrected chi connectivity index (χ0v) is 18.6. The molecule has 0 aliphatic carbocycles. The highest BCUT2D eigenvalue weighted by atomic mass is 28.3. The molecule has 148 valence electrons. The van der Waals surface area contributed by atoms with Crippen molar-refractivity contribution in [2.24, 2.45) is 0 Å². The van der Waals surface area contributed by atoms with Crippen molar-refractivity contribution in [1.29, 1.82) is 0 Å². The molecular weight excluding hydrogens is 392 g/mol. The molecule has 2 nitrogen and oxygen atoms in total. The monoisotopic (exact) mass is 414 g/mol. The van der Waals surface area contributed by atoms with Crippen LogP contribution in [0, 0.1) is 0 Å². The van der Waals surface area contributed by atoms with Gasteiger partial charge in [0.25, 0.3) is 0 Å². The van der Waals surface area contributed by atoms with Crippen LogP contribution in [-0.4, -0.2) is 18.0 Å². The molecule has 6 rings (SSSR count). The SMILES string of the molecule is C[Si]1(C)c2c(-c3ccccc3)nc(-c3ccccc3)nc2-c2ccc3ccccc3c21. The largest absolute Gasteiger partial charge is 0.228 e. The smallest absolute Gasteiger partial charge is 0.160 e. The summed E-state index contributed by atoms with van der Waals surface area (Å²) < 4.78 is 0. The molecule has 0 N–H and O–H groups in total. The fraction of sp³-hybridized carbons (Fsp3) is 0.0714. The lowest BCUT2D eigenvalue weighted by Crippen LogP contribution is -2.50. The first-order chi connectivity index (χ1) is 15.1. The van der Waals surface area contributed by atoms with Gasteiger partial charge in [0.1, 0.15) is 8.07 Å². The van der Waals surface area contributed by atoms with Crippen LogP contribution in [0.15, 0.2) is 97.1 Å². The first kappa shape index (κ1) is 18.2. The summed E-state index contributed by atoms with van der Waals surface area (Å²) in [5.41, 5.74) is 5.70. The van der Waals surface area contributed by atoms with Crippen LogP contribution in [0.4, 0.5) is 0 Å². The van der Waals surface area contributed by atoms with Crippen molar-refractivity contribution in [3.63, 3.8) is 0 Å². The van der Waals surface area contributed by atoms with Crippen LogP contribution in [0.1, 0.15) is 0 Å². The standard InChI is InChI=1S/C28H22N2Si/c1-31(2)26-22-16-10-9-11-19(22)17-18-23(26)25-27(31)24(20-12-5-3-6-13-20)29-28(30-25)21-14-7-4-8-15-21/h3-18H,1-2H3. The van der Waals surface area contributed by atoms with Crippen LogP contribution in [0.3, 0.4) is 0 Å². The molecule has 4 aromatic carbocycles. The Hall–Kier alpha value is -3.56. The van der Waals surface area contributed by atoms with Crippen molar-refractivity contribution in [2.75, 3.05) is 0 Å². The average Bonchev–Trinajstić information content (AvgIpc) is 3.07. The molecule has 2 heterocycles. The van der Waals surface area contributed by atoms with Gasteiger partial charge in [0.15, 0.2) is 5.82 Å². The molecule has 1 aromatic heterocycles. The van der Waals surface area contributed by atoms with Gasteiger partial charge >= 0.3 is 0 Å². The fourth-order valence-corrected chi connectivity index (χ4v) is 8.64. The van der Waals surface area contributed by atoms with E-state index in [0.717, 1.165) is 28.3 Å². The minimum Gasteiger partial charge on any atom is -0.228 e. The molecule has 31 heavy (non-hydrogen) atoms. The second-order valence-corrected chi connectivity index (χ2v) is 12.9. The van der Waals surface area contributed by atoms with E-state index in [1.165, 1.54) is 26.7 Å². The Morgan fingerprint density at radius 2 is 1.16 bits per heavy atom. The predicted molar refractivity (Wildman–Crippen MR) is 133 cm³/mol. The van der Waals surface area contributed by atoms with Crippen molar-refractivity contribution >= 4 is 29.2 Å². The third-order valence-corrected chi connectivity index (χ3v) is 9.93. The molecule has 0 saturated carbocycles. The molecule has 0 fully saturated rings. The Labute approximate surface area is 183 Å². The number of fused-ring (bicyclic) bond motifs is 5.